The summed E-state index contributed by atoms with van der Waals surface area (Å²) in [5.74, 6) is 1.34. The van der Waals surface area contributed by atoms with Crippen molar-refractivity contribution in [2.45, 2.75) is 63.8 Å². The van der Waals surface area contributed by atoms with Gasteiger partial charge in [0.15, 0.2) is 0 Å². The molecule has 3 atom stereocenters. The van der Waals surface area contributed by atoms with Crippen molar-refractivity contribution in [1.82, 2.24) is 10.2 Å². The van der Waals surface area contributed by atoms with Crippen LogP contribution in [0.1, 0.15) is 56.6 Å². The van der Waals surface area contributed by atoms with E-state index in [1.165, 1.54) is 30.4 Å². The minimum Gasteiger partial charge on any atom is -0.347 e. The fourth-order valence-electron chi connectivity index (χ4n) is 6.57. The first-order valence-corrected chi connectivity index (χ1v) is 10.3. The molecule has 4 nitrogen and oxygen atoms in total. The van der Waals surface area contributed by atoms with Crippen LogP contribution in [-0.2, 0) is 15.0 Å². The fourth-order valence-corrected chi connectivity index (χ4v) is 6.57. The van der Waals surface area contributed by atoms with Gasteiger partial charge < -0.3 is 10.2 Å². The van der Waals surface area contributed by atoms with Gasteiger partial charge in [0.05, 0.1) is 5.41 Å². The highest BCUT2D eigenvalue weighted by Gasteiger charge is 2.61. The normalized spacial score (nSPS) is 35.0. The molecule has 0 unspecified atom stereocenters. The number of carbonyl (C=O) groups excluding carboxylic acids is 2. The van der Waals surface area contributed by atoms with Gasteiger partial charge in [-0.3, -0.25) is 9.59 Å². The van der Waals surface area contributed by atoms with Crippen molar-refractivity contribution in [3.05, 3.63) is 35.4 Å². The number of carbonyl (C=O) groups is 2. The molecule has 1 aromatic carbocycles. The molecule has 4 fully saturated rings. The number of aryl methyl sites for hydroxylation is 1. The first-order chi connectivity index (χ1) is 12.7. The summed E-state index contributed by atoms with van der Waals surface area (Å²) in [5, 5.41) is 3.07. The highest BCUT2D eigenvalue weighted by Crippen LogP contribution is 2.65. The minimum atomic E-state index is -0.462. The van der Waals surface area contributed by atoms with E-state index in [-0.39, 0.29) is 22.6 Å². The van der Waals surface area contributed by atoms with E-state index in [4.69, 9.17) is 0 Å². The van der Waals surface area contributed by atoms with Crippen molar-refractivity contribution in [3.63, 3.8) is 0 Å². The van der Waals surface area contributed by atoms with Crippen molar-refractivity contribution >= 4 is 11.8 Å². The summed E-state index contributed by atoms with van der Waals surface area (Å²) in [6.07, 6.45) is 6.62. The van der Waals surface area contributed by atoms with Crippen molar-refractivity contribution < 1.29 is 9.59 Å². The number of benzene rings is 1. The van der Waals surface area contributed by atoms with Gasteiger partial charge in [-0.1, -0.05) is 29.8 Å². The Morgan fingerprint density at radius 3 is 2.22 bits per heavy atom. The van der Waals surface area contributed by atoms with Gasteiger partial charge in [0.25, 0.3) is 0 Å². The van der Waals surface area contributed by atoms with Gasteiger partial charge in [-0.25, -0.2) is 0 Å². The van der Waals surface area contributed by atoms with E-state index in [2.05, 4.69) is 36.5 Å². The third-order valence-electron chi connectivity index (χ3n) is 7.37. The summed E-state index contributed by atoms with van der Waals surface area (Å²) in [6, 6.07) is 8.52. The third kappa shape index (κ3) is 3.07. The Kier molecular flexibility index (Phi) is 4.36. The van der Waals surface area contributed by atoms with Crippen LogP contribution in [0.5, 0.6) is 0 Å². The predicted molar refractivity (Wildman–Crippen MR) is 106 cm³/mol. The molecule has 5 rings (SSSR count). The number of likely N-dealkylation sites (N-methyl/N-ethyl adjacent to an activating group) is 1. The predicted octanol–water partition coefficient (Wildman–Crippen LogP) is 3.43. The molecule has 4 aliphatic carbocycles. The Balaban J connectivity index is 1.61. The lowest BCUT2D eigenvalue weighted by molar-refractivity contribution is -0.151. The van der Waals surface area contributed by atoms with Crippen LogP contribution in [0.3, 0.4) is 0 Å². The maximum Gasteiger partial charge on any atom is 0.244 e. The lowest BCUT2D eigenvalue weighted by atomic mass is 9.42. The van der Waals surface area contributed by atoms with Gasteiger partial charge in [0, 0.05) is 14.1 Å². The lowest BCUT2D eigenvalue weighted by Gasteiger charge is -2.61. The van der Waals surface area contributed by atoms with E-state index in [1.807, 2.05) is 0 Å². The standard InChI is InChI=1S/C23H32N2O2/c1-15-5-7-19(8-6-15)22-10-17-9-18(11-22)13-23(12-17,14-22)21(27)24-16(2)20(26)25(3)4/h5-8,16-18H,9-14H2,1-4H3,(H,24,27)/t16-,17+,18+,22?,23?/m0/s1. The molecule has 2 amide bonds. The Morgan fingerprint density at radius 2 is 1.67 bits per heavy atom. The van der Waals surface area contributed by atoms with E-state index in [1.54, 1.807) is 25.9 Å². The number of hydrogen-bond acceptors (Lipinski definition) is 2. The zero-order valence-corrected chi connectivity index (χ0v) is 17.0. The molecule has 0 spiro atoms. The van der Waals surface area contributed by atoms with Crippen LogP contribution in [-0.4, -0.2) is 36.9 Å². The number of rotatable bonds is 4. The van der Waals surface area contributed by atoms with Gasteiger partial charge in [0.1, 0.15) is 6.04 Å². The van der Waals surface area contributed by atoms with Crippen LogP contribution in [0.4, 0.5) is 0 Å². The molecule has 4 bridgehead atoms. The van der Waals surface area contributed by atoms with E-state index in [9.17, 15) is 9.59 Å². The van der Waals surface area contributed by atoms with Crippen LogP contribution < -0.4 is 5.32 Å². The molecule has 4 heteroatoms. The highest BCUT2D eigenvalue weighted by molar-refractivity contribution is 5.90. The zero-order chi connectivity index (χ0) is 19.4. The maximum absolute atomic E-state index is 13.4. The van der Waals surface area contributed by atoms with Crippen LogP contribution in [0, 0.1) is 24.2 Å². The molecule has 0 heterocycles. The van der Waals surface area contributed by atoms with Gasteiger partial charge in [-0.05, 0) is 75.2 Å². The summed E-state index contributed by atoms with van der Waals surface area (Å²) in [5.41, 5.74) is 2.54. The maximum atomic E-state index is 13.4. The van der Waals surface area contributed by atoms with Crippen molar-refractivity contribution in [1.29, 1.82) is 0 Å². The van der Waals surface area contributed by atoms with Crippen molar-refractivity contribution in [2.75, 3.05) is 14.1 Å². The summed E-state index contributed by atoms with van der Waals surface area (Å²) in [4.78, 5) is 27.2. The molecule has 1 aromatic rings. The Hall–Kier alpha value is -1.84. The summed E-state index contributed by atoms with van der Waals surface area (Å²) in [6.45, 7) is 3.93. The highest BCUT2D eigenvalue weighted by atomic mass is 16.2. The first-order valence-electron chi connectivity index (χ1n) is 10.3. The van der Waals surface area contributed by atoms with Gasteiger partial charge in [-0.2, -0.15) is 0 Å². The molecule has 27 heavy (non-hydrogen) atoms. The molecule has 0 radical (unpaired) electrons. The molecule has 0 aliphatic heterocycles. The molecule has 146 valence electrons. The Morgan fingerprint density at radius 1 is 1.07 bits per heavy atom. The first kappa shape index (κ1) is 18.5. The van der Waals surface area contributed by atoms with Crippen LogP contribution >= 0.6 is 0 Å². The number of nitrogens with one attached hydrogen (secondary N) is 1. The summed E-state index contributed by atoms with van der Waals surface area (Å²) < 4.78 is 0. The Labute approximate surface area is 162 Å². The lowest BCUT2D eigenvalue weighted by Crippen LogP contribution is -2.60. The largest absolute Gasteiger partial charge is 0.347 e. The van der Waals surface area contributed by atoms with E-state index in [0.29, 0.717) is 11.8 Å². The second-order valence-corrected chi connectivity index (χ2v) is 9.82. The number of hydrogen-bond donors (Lipinski definition) is 1. The second-order valence-electron chi connectivity index (χ2n) is 9.82. The van der Waals surface area contributed by atoms with Crippen molar-refractivity contribution in [3.8, 4) is 0 Å². The van der Waals surface area contributed by atoms with Gasteiger partial charge >= 0.3 is 0 Å². The summed E-state index contributed by atoms with van der Waals surface area (Å²) >= 11 is 0. The fraction of sp³-hybridized carbons (Fsp3) is 0.652. The van der Waals surface area contributed by atoms with Gasteiger partial charge in [-0.15, -0.1) is 0 Å². The quantitative estimate of drug-likeness (QED) is 0.885. The molecular weight excluding hydrogens is 336 g/mol. The van der Waals surface area contributed by atoms with E-state index < -0.39 is 6.04 Å². The van der Waals surface area contributed by atoms with Crippen LogP contribution in [0.2, 0.25) is 0 Å². The van der Waals surface area contributed by atoms with Crippen LogP contribution in [0.25, 0.3) is 0 Å². The van der Waals surface area contributed by atoms with Gasteiger partial charge in [0.2, 0.25) is 11.8 Å². The monoisotopic (exact) mass is 368 g/mol. The van der Waals surface area contributed by atoms with E-state index in [0.717, 1.165) is 19.3 Å². The van der Waals surface area contributed by atoms with Crippen molar-refractivity contribution in [2.24, 2.45) is 17.3 Å². The summed E-state index contributed by atoms with van der Waals surface area (Å²) in [7, 11) is 3.48. The smallest absolute Gasteiger partial charge is 0.244 e. The molecule has 0 aromatic heterocycles. The number of amides is 2. The third-order valence-corrected chi connectivity index (χ3v) is 7.37. The minimum absolute atomic E-state index is 0.0404. The molecule has 1 N–H and O–H groups in total. The average molecular weight is 369 g/mol. The average Bonchev–Trinajstić information content (AvgIpc) is 2.60. The topological polar surface area (TPSA) is 49.4 Å². The Bertz CT molecular complexity index is 738. The SMILES string of the molecule is Cc1ccc(C23C[C@H]4C[C@@H](CC(C(=O)N[C@@H](C)C(=O)N(C)C)(C4)C2)C3)cc1. The second kappa shape index (κ2) is 6.35. The molecule has 0 saturated heterocycles. The molecular formula is C23H32N2O2. The number of nitrogens with zero attached hydrogens (tertiary/aromatic N) is 1. The molecule has 4 aliphatic rings. The van der Waals surface area contributed by atoms with E-state index >= 15 is 0 Å². The zero-order valence-electron chi connectivity index (χ0n) is 17.0. The van der Waals surface area contributed by atoms with Crippen LogP contribution in [0.15, 0.2) is 24.3 Å². The molecule has 4 saturated carbocycles.